The summed E-state index contributed by atoms with van der Waals surface area (Å²) in [4.78, 5) is 36.4. The number of rotatable bonds is 22. The first kappa shape index (κ1) is 38.4. The van der Waals surface area contributed by atoms with Gasteiger partial charge in [-0.05, 0) is 19.3 Å². The smallest absolute Gasteiger partial charge is 0.480 e. The highest BCUT2D eigenvalue weighted by Crippen LogP contribution is 2.50. The van der Waals surface area contributed by atoms with Crippen LogP contribution in [0.5, 0.6) is 0 Å². The van der Waals surface area contributed by atoms with Crippen LogP contribution in [0, 0.1) is 11.8 Å². The third kappa shape index (κ3) is 18.5. The Labute approximate surface area is 243 Å². The van der Waals surface area contributed by atoms with Crippen molar-refractivity contribution in [3.63, 3.8) is 0 Å². The molecule has 0 aliphatic carbocycles. The number of hydrogen-bond acceptors (Lipinski definition) is 10. The molecule has 0 bridgehead atoms. The van der Waals surface area contributed by atoms with Gasteiger partial charge < -0.3 is 34.7 Å². The van der Waals surface area contributed by atoms with Crippen molar-refractivity contribution >= 4 is 32.0 Å². The summed E-state index contributed by atoms with van der Waals surface area (Å²) in [5, 5.41) is 9.63. The topological polar surface area (TPSA) is 186 Å². The summed E-state index contributed by atoms with van der Waals surface area (Å²) in [6.07, 6.45) is 3.24. The average Bonchev–Trinajstić information content (AvgIpc) is 2.93. The molecule has 0 saturated carbocycles. The molecule has 0 heterocycles. The maximum Gasteiger partial charge on any atom is 0.508 e. The van der Waals surface area contributed by atoms with E-state index in [2.05, 4.69) is 4.76 Å². The van der Waals surface area contributed by atoms with Gasteiger partial charge in [0.1, 0.15) is 6.04 Å². The van der Waals surface area contributed by atoms with E-state index >= 15 is 0 Å². The highest BCUT2D eigenvalue weighted by Gasteiger charge is 2.31. The van der Waals surface area contributed by atoms with Crippen LogP contribution in [0.25, 0.3) is 0 Å². The zero-order valence-corrected chi connectivity index (χ0v) is 26.3. The number of hydrogen-bond donors (Lipinski definition) is 2. The lowest BCUT2D eigenvalue weighted by Crippen LogP contribution is -2.46. The number of nitrogens with two attached hydrogens (primary N) is 1. The van der Waals surface area contributed by atoms with Crippen LogP contribution in [0.15, 0.2) is 4.76 Å². The number of aliphatic carboxylic acids is 1. The Morgan fingerprint density at radius 3 is 1.63 bits per heavy atom. The highest BCUT2D eigenvalue weighted by molar-refractivity contribution is 7.52. The molecule has 0 fully saturated rings. The lowest BCUT2D eigenvalue weighted by atomic mass is 10.1. The van der Waals surface area contributed by atoms with E-state index in [0.717, 1.165) is 19.3 Å². The second-order valence-corrected chi connectivity index (χ2v) is 11.5. The van der Waals surface area contributed by atoms with Gasteiger partial charge in [-0.25, -0.2) is 18.9 Å². The number of carbonyl (C=O) groups excluding carboxylic acids is 2. The van der Waals surface area contributed by atoms with Crippen molar-refractivity contribution in [3.8, 4) is 0 Å². The van der Waals surface area contributed by atoms with Gasteiger partial charge in [0.25, 0.3) is 0 Å². The maximum atomic E-state index is 13.6. The molecule has 0 aliphatic heterocycles. The van der Waals surface area contributed by atoms with Crippen LogP contribution in [-0.4, -0.2) is 87.0 Å². The first-order valence-corrected chi connectivity index (χ1v) is 15.7. The second-order valence-electron chi connectivity index (χ2n) is 9.86. The maximum absolute atomic E-state index is 13.6. The summed E-state index contributed by atoms with van der Waals surface area (Å²) in [5.74, 6) is -2.29. The van der Waals surface area contributed by atoms with Crippen molar-refractivity contribution in [1.82, 2.24) is 4.90 Å². The number of likely N-dealkylation sites (N-methyl/N-ethyl adjacent to an activating group) is 1. The average molecular weight is 612 g/mol. The van der Waals surface area contributed by atoms with E-state index in [1.807, 2.05) is 20.8 Å². The Morgan fingerprint density at radius 1 is 0.805 bits per heavy atom. The molecule has 0 aromatic rings. The molecule has 0 aromatic heterocycles. The molecular weight excluding hydrogens is 561 g/mol. The van der Waals surface area contributed by atoms with Crippen LogP contribution in [0.2, 0.25) is 0 Å². The lowest BCUT2D eigenvalue weighted by molar-refractivity contribution is -0.141. The molecule has 0 spiro atoms. The number of unbranched alkanes of at least 4 members (excludes halogenated alkanes) is 3. The van der Waals surface area contributed by atoms with Gasteiger partial charge in [-0.1, -0.05) is 60.3 Å². The van der Waals surface area contributed by atoms with Crippen molar-refractivity contribution in [2.75, 3.05) is 46.7 Å². The predicted molar refractivity (Wildman–Crippen MR) is 153 cm³/mol. The van der Waals surface area contributed by atoms with Gasteiger partial charge in [-0.3, -0.25) is 9.05 Å². The lowest BCUT2D eigenvalue weighted by Gasteiger charge is -2.27. The fourth-order valence-electron chi connectivity index (χ4n) is 2.97. The Balaban J connectivity index is 5.39. The molecule has 0 aliphatic rings. The van der Waals surface area contributed by atoms with E-state index in [9.17, 15) is 24.1 Å². The van der Waals surface area contributed by atoms with Gasteiger partial charge in [0.2, 0.25) is 5.96 Å². The van der Waals surface area contributed by atoms with Crippen LogP contribution in [0.3, 0.4) is 0 Å². The SMILES string of the molecule is CCCCOC(=O)OCC(C)COP(=O)(N=C(N)N(C)C(CCCC)C(=O)O)OCC(C)COC(=O)OCCCC. The normalized spacial score (nSPS) is 15.2. The number of guanidine groups is 1. The quantitative estimate of drug-likeness (QED) is 0.0535. The third-order valence-electron chi connectivity index (χ3n) is 5.62. The van der Waals surface area contributed by atoms with E-state index in [1.54, 1.807) is 13.8 Å². The third-order valence-corrected chi connectivity index (χ3v) is 7.02. The minimum Gasteiger partial charge on any atom is -0.480 e. The van der Waals surface area contributed by atoms with E-state index in [-0.39, 0.29) is 45.6 Å². The van der Waals surface area contributed by atoms with Crippen LogP contribution >= 0.6 is 7.75 Å². The molecule has 240 valence electrons. The van der Waals surface area contributed by atoms with Crippen LogP contribution in [0.1, 0.15) is 79.6 Å². The van der Waals surface area contributed by atoms with Crippen LogP contribution < -0.4 is 5.73 Å². The summed E-state index contributed by atoms with van der Waals surface area (Å²) >= 11 is 0. The largest absolute Gasteiger partial charge is 0.508 e. The van der Waals surface area contributed by atoms with E-state index in [1.165, 1.54) is 11.9 Å². The molecule has 0 rings (SSSR count). The monoisotopic (exact) mass is 611 g/mol. The second kappa shape index (κ2) is 22.1. The number of carbonyl (C=O) groups is 3. The Morgan fingerprint density at radius 2 is 1.24 bits per heavy atom. The predicted octanol–water partition coefficient (Wildman–Crippen LogP) is 5.20. The minimum atomic E-state index is -4.29. The van der Waals surface area contributed by atoms with Crippen molar-refractivity contribution in [2.45, 2.75) is 85.6 Å². The molecule has 15 heteroatoms. The van der Waals surface area contributed by atoms with Crippen LogP contribution in [0.4, 0.5) is 9.59 Å². The fraction of sp³-hybridized carbons (Fsp3) is 0.846. The highest BCUT2D eigenvalue weighted by atomic mass is 31.2. The molecule has 3 unspecified atom stereocenters. The Kier molecular flexibility index (Phi) is 20.7. The molecule has 3 N–H and O–H groups in total. The summed E-state index contributed by atoms with van der Waals surface area (Å²) < 4.78 is 48.6. The number of carboxylic acids is 1. The number of ether oxygens (including phenoxy) is 4. The van der Waals surface area contributed by atoms with E-state index < -0.39 is 43.9 Å². The molecular formula is C26H50N3O11P. The molecule has 0 saturated heterocycles. The molecule has 0 aromatic carbocycles. The zero-order chi connectivity index (χ0) is 31.3. The van der Waals surface area contributed by atoms with Gasteiger partial charge in [-0.15, -0.1) is 4.76 Å². The minimum absolute atomic E-state index is 0.0768. The fourth-order valence-corrected chi connectivity index (χ4v) is 4.44. The van der Waals surface area contributed by atoms with Crippen molar-refractivity contribution in [3.05, 3.63) is 0 Å². The Bertz CT molecular complexity index is 803. The molecule has 14 nitrogen and oxygen atoms in total. The van der Waals surface area contributed by atoms with Crippen molar-refractivity contribution < 1.29 is 52.1 Å². The first-order chi connectivity index (χ1) is 19.4. The Hall–Kier alpha value is -2.57. The van der Waals surface area contributed by atoms with Gasteiger partial charge >= 0.3 is 26.0 Å². The molecule has 0 amide bonds. The molecule has 3 atom stereocenters. The van der Waals surface area contributed by atoms with Crippen molar-refractivity contribution in [2.24, 2.45) is 22.3 Å². The number of carboxylic acid groups (broad SMARTS) is 1. The van der Waals surface area contributed by atoms with E-state index in [0.29, 0.717) is 25.7 Å². The summed E-state index contributed by atoms with van der Waals surface area (Å²) in [6, 6.07) is -0.996. The standard InChI is InChI=1S/C26H50N3O11P/c1-7-10-13-22(23(30)31)29(6)24(27)28-41(34,39-18-20(4)16-37-25(32)35-14-11-8-2)40-19-21(5)17-38-26(33)36-15-12-9-3/h20-22H,7-19H2,1-6H3,(H,30,31)(H2,27,28,34). The van der Waals surface area contributed by atoms with Gasteiger partial charge in [-0.2, -0.15) is 0 Å². The van der Waals surface area contributed by atoms with E-state index in [4.69, 9.17) is 33.7 Å². The summed E-state index contributed by atoms with van der Waals surface area (Å²) in [7, 11) is -2.86. The van der Waals surface area contributed by atoms with Crippen molar-refractivity contribution in [1.29, 1.82) is 0 Å². The number of nitrogens with zero attached hydrogens (tertiary/aromatic N) is 2. The first-order valence-electron chi connectivity index (χ1n) is 14.2. The summed E-state index contributed by atoms with van der Waals surface area (Å²) in [6.45, 7) is 9.20. The van der Waals surface area contributed by atoms with Gasteiger partial charge in [0, 0.05) is 18.9 Å². The van der Waals surface area contributed by atoms with Gasteiger partial charge in [0.15, 0.2) is 0 Å². The van der Waals surface area contributed by atoms with Crippen LogP contribution in [-0.2, 0) is 37.4 Å². The molecule has 41 heavy (non-hydrogen) atoms. The summed E-state index contributed by atoms with van der Waals surface area (Å²) in [5.41, 5.74) is 6.05. The van der Waals surface area contributed by atoms with Gasteiger partial charge in [0.05, 0.1) is 39.6 Å². The molecule has 0 radical (unpaired) electrons. The zero-order valence-electron chi connectivity index (χ0n) is 25.4.